The van der Waals surface area contributed by atoms with Crippen LogP contribution in [0.4, 0.5) is 11.8 Å². The van der Waals surface area contributed by atoms with E-state index in [9.17, 15) is 0 Å². The van der Waals surface area contributed by atoms with Crippen LogP contribution in [0.15, 0.2) is 30.9 Å². The first-order valence-corrected chi connectivity index (χ1v) is 4.28. The highest BCUT2D eigenvalue weighted by Gasteiger charge is 1.99. The Balaban J connectivity index is 2.17. The fourth-order valence-corrected chi connectivity index (χ4v) is 0.994. The smallest absolute Gasteiger partial charge is 0.231 e. The number of nitrogens with zero attached hydrogens (tertiary/aromatic N) is 4. The van der Waals surface area contributed by atoms with E-state index in [1.165, 1.54) is 0 Å². The third-order valence-corrected chi connectivity index (χ3v) is 1.64. The maximum Gasteiger partial charge on any atom is 0.231 e. The van der Waals surface area contributed by atoms with Gasteiger partial charge in [-0.2, -0.15) is 4.98 Å². The van der Waals surface area contributed by atoms with Crippen molar-refractivity contribution < 1.29 is 4.74 Å². The lowest BCUT2D eigenvalue weighted by Gasteiger charge is -2.03. The van der Waals surface area contributed by atoms with E-state index in [0.29, 0.717) is 17.6 Å². The molecule has 0 bridgehead atoms. The molecule has 0 radical (unpaired) electrons. The van der Waals surface area contributed by atoms with E-state index in [1.54, 1.807) is 38.0 Å². The fourth-order valence-electron chi connectivity index (χ4n) is 0.994. The van der Waals surface area contributed by atoms with Gasteiger partial charge in [0.2, 0.25) is 11.8 Å². The number of nitrogens with one attached hydrogen (secondary N) is 1. The lowest BCUT2D eigenvalue weighted by molar-refractivity contribution is 0.397. The highest BCUT2D eigenvalue weighted by atomic mass is 16.5. The molecule has 0 atom stereocenters. The normalized spacial score (nSPS) is 9.67. The molecule has 0 aliphatic rings. The summed E-state index contributed by atoms with van der Waals surface area (Å²) in [6.45, 7) is 0. The van der Waals surface area contributed by atoms with Crippen LogP contribution >= 0.6 is 0 Å². The van der Waals surface area contributed by atoms with Gasteiger partial charge in [-0.25, -0.2) is 9.97 Å². The number of anilines is 2. The van der Waals surface area contributed by atoms with Gasteiger partial charge in [0.05, 0.1) is 13.3 Å². The first-order chi connectivity index (χ1) is 7.38. The van der Waals surface area contributed by atoms with Crippen molar-refractivity contribution in [2.24, 2.45) is 0 Å². The second-order valence-electron chi connectivity index (χ2n) is 2.64. The third-order valence-electron chi connectivity index (χ3n) is 1.64. The Morgan fingerprint density at radius 1 is 1.20 bits per heavy atom. The van der Waals surface area contributed by atoms with Gasteiger partial charge < -0.3 is 10.1 Å². The zero-order valence-corrected chi connectivity index (χ0v) is 8.08. The number of methoxy groups -OCH3 is 1. The molecule has 0 fully saturated rings. The van der Waals surface area contributed by atoms with Crippen LogP contribution in [0.1, 0.15) is 0 Å². The van der Waals surface area contributed by atoms with Crippen LogP contribution in [-0.2, 0) is 0 Å². The highest BCUT2D eigenvalue weighted by molar-refractivity contribution is 5.45. The van der Waals surface area contributed by atoms with Crippen LogP contribution in [0, 0.1) is 0 Å². The van der Waals surface area contributed by atoms with Crippen molar-refractivity contribution >= 4 is 11.8 Å². The molecule has 0 aliphatic carbocycles. The average Bonchev–Trinajstić information content (AvgIpc) is 2.31. The van der Waals surface area contributed by atoms with Gasteiger partial charge in [0, 0.05) is 24.7 Å². The van der Waals surface area contributed by atoms with Crippen molar-refractivity contribution in [3.63, 3.8) is 0 Å². The van der Waals surface area contributed by atoms with E-state index < -0.39 is 0 Å². The summed E-state index contributed by atoms with van der Waals surface area (Å²) in [6.07, 6.45) is 6.37. The molecular weight excluding hydrogens is 194 g/mol. The molecule has 2 heterocycles. The molecular formula is C9H9N5O. The zero-order chi connectivity index (χ0) is 10.5. The van der Waals surface area contributed by atoms with E-state index in [2.05, 4.69) is 25.3 Å². The topological polar surface area (TPSA) is 72.8 Å². The Kier molecular flexibility index (Phi) is 2.68. The molecule has 0 amide bonds. The van der Waals surface area contributed by atoms with Gasteiger partial charge in [0.15, 0.2) is 5.82 Å². The fraction of sp³-hybridized carbons (Fsp3) is 0.111. The SMILES string of the molecule is COc1ccnc(Nc2cnccn2)n1. The molecule has 0 spiro atoms. The Hall–Kier alpha value is -2.24. The third kappa shape index (κ3) is 2.37. The van der Waals surface area contributed by atoms with Gasteiger partial charge in [-0.05, 0) is 0 Å². The van der Waals surface area contributed by atoms with Crippen molar-refractivity contribution in [2.75, 3.05) is 12.4 Å². The van der Waals surface area contributed by atoms with Crippen molar-refractivity contribution in [1.82, 2.24) is 19.9 Å². The first kappa shape index (κ1) is 9.32. The molecule has 6 nitrogen and oxygen atoms in total. The number of hydrogen-bond acceptors (Lipinski definition) is 6. The monoisotopic (exact) mass is 203 g/mol. The molecule has 0 unspecified atom stereocenters. The maximum atomic E-state index is 4.97. The summed E-state index contributed by atoms with van der Waals surface area (Å²) in [5.74, 6) is 1.51. The van der Waals surface area contributed by atoms with Crippen LogP contribution in [0.2, 0.25) is 0 Å². The summed E-state index contributed by atoms with van der Waals surface area (Å²) in [5, 5.41) is 2.90. The highest BCUT2D eigenvalue weighted by Crippen LogP contribution is 2.11. The standard InChI is InChI=1S/C9H9N5O/c1-15-8-2-3-12-9(14-8)13-7-6-10-4-5-11-7/h2-6H,1H3,(H,11,12,13,14). The first-order valence-electron chi connectivity index (χ1n) is 4.28. The van der Waals surface area contributed by atoms with Gasteiger partial charge in [-0.15, -0.1) is 0 Å². The second-order valence-corrected chi connectivity index (χ2v) is 2.64. The Labute approximate surface area is 86.4 Å². The van der Waals surface area contributed by atoms with E-state index in [4.69, 9.17) is 4.74 Å². The summed E-state index contributed by atoms with van der Waals surface area (Å²) in [4.78, 5) is 16.0. The van der Waals surface area contributed by atoms with E-state index in [0.717, 1.165) is 0 Å². The summed E-state index contributed by atoms with van der Waals surface area (Å²) in [5.41, 5.74) is 0. The molecule has 0 saturated heterocycles. The predicted octanol–water partition coefficient (Wildman–Crippen LogP) is 1.02. The van der Waals surface area contributed by atoms with Crippen molar-refractivity contribution in [3.05, 3.63) is 30.9 Å². The second kappa shape index (κ2) is 4.32. The minimum atomic E-state index is 0.426. The zero-order valence-electron chi connectivity index (χ0n) is 8.08. The molecule has 2 aromatic heterocycles. The number of hydrogen-bond donors (Lipinski definition) is 1. The van der Waals surface area contributed by atoms with Gasteiger partial charge in [0.25, 0.3) is 0 Å². The molecule has 0 aliphatic heterocycles. The van der Waals surface area contributed by atoms with Crippen LogP contribution in [0.25, 0.3) is 0 Å². The Bertz CT molecular complexity index is 434. The largest absolute Gasteiger partial charge is 0.481 e. The van der Waals surface area contributed by atoms with E-state index in [-0.39, 0.29) is 0 Å². The van der Waals surface area contributed by atoms with Crippen molar-refractivity contribution in [2.45, 2.75) is 0 Å². The van der Waals surface area contributed by atoms with Gasteiger partial charge in [-0.3, -0.25) is 4.98 Å². The molecule has 2 aromatic rings. The van der Waals surface area contributed by atoms with Gasteiger partial charge >= 0.3 is 0 Å². The van der Waals surface area contributed by atoms with Gasteiger partial charge in [-0.1, -0.05) is 0 Å². The molecule has 0 aromatic carbocycles. The maximum absolute atomic E-state index is 4.97. The summed E-state index contributed by atoms with van der Waals surface area (Å²) >= 11 is 0. The van der Waals surface area contributed by atoms with Crippen LogP contribution in [-0.4, -0.2) is 27.0 Å². The summed E-state index contributed by atoms with van der Waals surface area (Å²) in [7, 11) is 1.55. The molecule has 15 heavy (non-hydrogen) atoms. The molecule has 76 valence electrons. The van der Waals surface area contributed by atoms with E-state index >= 15 is 0 Å². The molecule has 6 heteroatoms. The van der Waals surface area contributed by atoms with Crippen LogP contribution < -0.4 is 10.1 Å². The molecule has 2 rings (SSSR count). The Morgan fingerprint density at radius 3 is 2.87 bits per heavy atom. The Morgan fingerprint density at radius 2 is 2.13 bits per heavy atom. The van der Waals surface area contributed by atoms with Gasteiger partial charge in [0.1, 0.15) is 0 Å². The summed E-state index contributed by atoms with van der Waals surface area (Å²) in [6, 6.07) is 1.67. The molecule has 1 N–H and O–H groups in total. The van der Waals surface area contributed by atoms with Crippen LogP contribution in [0.5, 0.6) is 5.88 Å². The number of ether oxygens (including phenoxy) is 1. The lowest BCUT2D eigenvalue weighted by Crippen LogP contribution is -1.99. The quantitative estimate of drug-likeness (QED) is 0.802. The van der Waals surface area contributed by atoms with Crippen LogP contribution in [0.3, 0.4) is 0 Å². The predicted molar refractivity (Wildman–Crippen MR) is 53.9 cm³/mol. The average molecular weight is 203 g/mol. The number of aromatic nitrogens is 4. The molecule has 0 saturated carbocycles. The van der Waals surface area contributed by atoms with Crippen molar-refractivity contribution in [1.29, 1.82) is 0 Å². The summed E-state index contributed by atoms with van der Waals surface area (Å²) < 4.78 is 4.97. The van der Waals surface area contributed by atoms with E-state index in [1.807, 2.05) is 0 Å². The minimum absolute atomic E-state index is 0.426. The minimum Gasteiger partial charge on any atom is -0.481 e. The lowest BCUT2D eigenvalue weighted by atomic mass is 10.6. The van der Waals surface area contributed by atoms with Crippen molar-refractivity contribution in [3.8, 4) is 5.88 Å². The number of rotatable bonds is 3.